The van der Waals surface area contributed by atoms with E-state index in [2.05, 4.69) is 63.2 Å². The number of nitrogens with zero attached hydrogens (tertiary/aromatic N) is 1. The third kappa shape index (κ3) is 7.08. The van der Waals surface area contributed by atoms with E-state index in [0.717, 1.165) is 0 Å². The number of benzene rings is 2. The Balaban J connectivity index is 0.00000392. The average molecular weight is 404 g/mol. The molecule has 0 saturated carbocycles. The van der Waals surface area contributed by atoms with Crippen LogP contribution >= 0.6 is 0 Å². The summed E-state index contributed by atoms with van der Waals surface area (Å²) in [4.78, 5) is 0. The van der Waals surface area contributed by atoms with Gasteiger partial charge in [0.05, 0.1) is 19.6 Å². The molecule has 1 nitrogen and oxygen atoms in total. The van der Waals surface area contributed by atoms with Gasteiger partial charge in [-0.15, -0.1) is 0 Å². The van der Waals surface area contributed by atoms with Gasteiger partial charge >= 0.3 is 0 Å². The Morgan fingerprint density at radius 3 is 1.79 bits per heavy atom. The first-order chi connectivity index (χ1) is 13.3. The first-order valence-electron chi connectivity index (χ1n) is 11.6. The maximum atomic E-state index is 2.40. The summed E-state index contributed by atoms with van der Waals surface area (Å²) in [5.41, 5.74) is 1.56. The SMILES string of the molecule is CCCCCCCCCC[N+](CCC)(CCC)c1cccc2ccccc12.[Cl-]. The maximum absolute atomic E-state index is 2.40. The summed E-state index contributed by atoms with van der Waals surface area (Å²) in [5.74, 6) is 0. The zero-order chi connectivity index (χ0) is 19.4. The van der Waals surface area contributed by atoms with Crippen LogP contribution in [0.3, 0.4) is 0 Å². The van der Waals surface area contributed by atoms with Gasteiger partial charge in [-0.25, -0.2) is 0 Å². The second kappa shape index (κ2) is 14.0. The van der Waals surface area contributed by atoms with Crippen molar-refractivity contribution in [1.29, 1.82) is 0 Å². The number of quaternary nitrogens is 1. The summed E-state index contributed by atoms with van der Waals surface area (Å²) < 4.78 is 1.17. The topological polar surface area (TPSA) is 0 Å². The number of rotatable bonds is 14. The molecule has 0 spiro atoms. The lowest BCUT2D eigenvalue weighted by molar-refractivity contribution is -0.00000581. The second-order valence-electron chi connectivity index (χ2n) is 8.29. The molecule has 0 saturated heterocycles. The summed E-state index contributed by atoms with van der Waals surface area (Å²) in [6, 6.07) is 15.9. The molecule has 0 bridgehead atoms. The minimum Gasteiger partial charge on any atom is -1.00 e. The Labute approximate surface area is 180 Å². The van der Waals surface area contributed by atoms with E-state index in [9.17, 15) is 0 Å². The zero-order valence-electron chi connectivity index (χ0n) is 18.6. The van der Waals surface area contributed by atoms with Crippen molar-refractivity contribution in [2.75, 3.05) is 19.6 Å². The Kier molecular flexibility index (Phi) is 12.5. The second-order valence-corrected chi connectivity index (χ2v) is 8.29. The van der Waals surface area contributed by atoms with Crippen molar-refractivity contribution in [3.05, 3.63) is 42.5 Å². The highest BCUT2D eigenvalue weighted by Crippen LogP contribution is 2.33. The van der Waals surface area contributed by atoms with Gasteiger partial charge in [-0.05, 0) is 43.2 Å². The Bertz CT molecular complexity index is 640. The summed E-state index contributed by atoms with van der Waals surface area (Å²) in [6.07, 6.45) is 13.7. The van der Waals surface area contributed by atoms with Crippen LogP contribution in [0.2, 0.25) is 0 Å². The molecule has 0 amide bonds. The zero-order valence-corrected chi connectivity index (χ0v) is 19.3. The minimum absolute atomic E-state index is 0. The Morgan fingerprint density at radius 2 is 1.14 bits per heavy atom. The van der Waals surface area contributed by atoms with Crippen LogP contribution in [0.5, 0.6) is 0 Å². The summed E-state index contributed by atoms with van der Waals surface area (Å²) >= 11 is 0. The molecule has 158 valence electrons. The van der Waals surface area contributed by atoms with Gasteiger partial charge in [0.1, 0.15) is 5.69 Å². The number of hydrogen-bond donors (Lipinski definition) is 0. The fourth-order valence-corrected chi connectivity index (χ4v) is 4.72. The van der Waals surface area contributed by atoms with Crippen molar-refractivity contribution in [3.63, 3.8) is 0 Å². The molecule has 0 atom stereocenters. The molecule has 0 heterocycles. The van der Waals surface area contributed by atoms with Crippen LogP contribution in [0.25, 0.3) is 10.8 Å². The van der Waals surface area contributed by atoms with Gasteiger partial charge in [-0.3, -0.25) is 4.48 Å². The molecule has 0 aromatic heterocycles. The van der Waals surface area contributed by atoms with E-state index in [4.69, 9.17) is 0 Å². The molecule has 0 aliphatic heterocycles. The van der Waals surface area contributed by atoms with Crippen molar-refractivity contribution in [3.8, 4) is 0 Å². The largest absolute Gasteiger partial charge is 1.00 e. The van der Waals surface area contributed by atoms with Crippen LogP contribution in [0, 0.1) is 0 Å². The van der Waals surface area contributed by atoms with Crippen LogP contribution in [0.1, 0.15) is 85.0 Å². The van der Waals surface area contributed by atoms with E-state index in [1.807, 2.05) is 0 Å². The highest BCUT2D eigenvalue weighted by Gasteiger charge is 2.29. The monoisotopic (exact) mass is 403 g/mol. The quantitative estimate of drug-likeness (QED) is 0.303. The van der Waals surface area contributed by atoms with Crippen LogP contribution in [-0.4, -0.2) is 19.6 Å². The van der Waals surface area contributed by atoms with Crippen LogP contribution in [0.15, 0.2) is 42.5 Å². The highest BCUT2D eigenvalue weighted by molar-refractivity contribution is 5.93. The predicted molar refractivity (Wildman–Crippen MR) is 124 cm³/mol. The highest BCUT2D eigenvalue weighted by atomic mass is 35.5. The van der Waals surface area contributed by atoms with Crippen molar-refractivity contribution in [1.82, 2.24) is 4.48 Å². The number of hydrogen-bond acceptors (Lipinski definition) is 0. The molecule has 0 fully saturated rings. The lowest BCUT2D eigenvalue weighted by Gasteiger charge is -2.39. The van der Waals surface area contributed by atoms with E-state index in [1.165, 1.54) is 99.1 Å². The molecule has 2 heteroatoms. The fraction of sp³-hybridized carbons (Fsp3) is 0.615. The van der Waals surface area contributed by atoms with Gasteiger partial charge in [0, 0.05) is 5.39 Å². The normalized spacial score (nSPS) is 11.5. The molecule has 2 rings (SSSR count). The average Bonchev–Trinajstić information content (AvgIpc) is 2.70. The first kappa shape index (κ1) is 25.0. The lowest BCUT2D eigenvalue weighted by atomic mass is 10.0. The molecular formula is C26H42ClN. The van der Waals surface area contributed by atoms with E-state index >= 15 is 0 Å². The minimum atomic E-state index is 0. The van der Waals surface area contributed by atoms with E-state index < -0.39 is 0 Å². The van der Waals surface area contributed by atoms with Crippen molar-refractivity contribution >= 4 is 16.5 Å². The summed E-state index contributed by atoms with van der Waals surface area (Å²) in [5, 5.41) is 2.85. The maximum Gasteiger partial charge on any atom is 0.140 e. The smallest absolute Gasteiger partial charge is 0.140 e. The molecule has 28 heavy (non-hydrogen) atoms. The van der Waals surface area contributed by atoms with Gasteiger partial charge < -0.3 is 12.4 Å². The molecular weight excluding hydrogens is 362 g/mol. The van der Waals surface area contributed by atoms with Gasteiger partial charge in [-0.1, -0.05) is 89.6 Å². The molecule has 2 aromatic carbocycles. The third-order valence-electron chi connectivity index (χ3n) is 6.02. The fourth-order valence-electron chi connectivity index (χ4n) is 4.72. The predicted octanol–water partition coefficient (Wildman–Crippen LogP) is 5.11. The van der Waals surface area contributed by atoms with Gasteiger partial charge in [0.25, 0.3) is 0 Å². The van der Waals surface area contributed by atoms with Gasteiger partial charge in [0.2, 0.25) is 0 Å². The number of fused-ring (bicyclic) bond motifs is 1. The molecule has 2 aromatic rings. The Morgan fingerprint density at radius 1 is 0.571 bits per heavy atom. The van der Waals surface area contributed by atoms with E-state index in [-0.39, 0.29) is 12.4 Å². The lowest BCUT2D eigenvalue weighted by Crippen LogP contribution is -3.00. The first-order valence-corrected chi connectivity index (χ1v) is 11.6. The van der Waals surface area contributed by atoms with Gasteiger partial charge in [0.15, 0.2) is 0 Å². The van der Waals surface area contributed by atoms with Crippen LogP contribution < -0.4 is 16.9 Å². The number of unbranched alkanes of at least 4 members (excludes halogenated alkanes) is 7. The number of halogens is 1. The standard InChI is InChI=1S/C26H42N.ClH/c1-4-7-8-9-10-11-12-15-23-27(21-5-2,22-6-3)26-20-16-18-24-17-13-14-19-25(24)26;/h13-14,16-20H,4-12,15,21-23H2,1-3H3;1H/q+1;/p-1. The molecule has 0 unspecified atom stereocenters. The molecule has 0 N–H and O–H groups in total. The summed E-state index contributed by atoms with van der Waals surface area (Å²) in [7, 11) is 0. The summed E-state index contributed by atoms with van der Waals surface area (Å²) in [6.45, 7) is 10.8. The Hall–Kier alpha value is -1.05. The van der Waals surface area contributed by atoms with Gasteiger partial charge in [-0.2, -0.15) is 0 Å². The molecule has 0 radical (unpaired) electrons. The van der Waals surface area contributed by atoms with Crippen molar-refractivity contribution < 1.29 is 12.4 Å². The van der Waals surface area contributed by atoms with E-state index in [0.29, 0.717) is 0 Å². The third-order valence-corrected chi connectivity index (χ3v) is 6.02. The molecule has 0 aliphatic rings. The molecule has 0 aliphatic carbocycles. The van der Waals surface area contributed by atoms with Crippen molar-refractivity contribution in [2.24, 2.45) is 0 Å². The van der Waals surface area contributed by atoms with Crippen LogP contribution in [-0.2, 0) is 0 Å². The van der Waals surface area contributed by atoms with Crippen molar-refractivity contribution in [2.45, 2.75) is 85.0 Å². The van der Waals surface area contributed by atoms with Crippen LogP contribution in [0.4, 0.5) is 5.69 Å². The van der Waals surface area contributed by atoms with E-state index in [1.54, 1.807) is 5.69 Å².